The Morgan fingerprint density at radius 1 is 1.43 bits per heavy atom. The lowest BCUT2D eigenvalue weighted by molar-refractivity contribution is 0.822. The molecular formula is C8H9N5S. The highest BCUT2D eigenvalue weighted by Crippen LogP contribution is 2.21. The van der Waals surface area contributed by atoms with Gasteiger partial charge in [0.25, 0.3) is 0 Å². The summed E-state index contributed by atoms with van der Waals surface area (Å²) in [6, 6.07) is -0.274. The van der Waals surface area contributed by atoms with Crippen LogP contribution in [0, 0.1) is 6.92 Å². The first-order valence-electron chi connectivity index (χ1n) is 4.09. The fourth-order valence-electron chi connectivity index (χ4n) is 1.13. The summed E-state index contributed by atoms with van der Waals surface area (Å²) in [5.74, 6) is 0. The average molecular weight is 207 g/mol. The molecule has 1 unspecified atom stereocenters. The predicted octanol–water partition coefficient (Wildman–Crippen LogP) is 0.685. The summed E-state index contributed by atoms with van der Waals surface area (Å²) in [6.45, 7) is 1.88. The Labute approximate surface area is 85.2 Å². The zero-order valence-electron chi connectivity index (χ0n) is 7.58. The van der Waals surface area contributed by atoms with E-state index >= 15 is 0 Å². The van der Waals surface area contributed by atoms with Gasteiger partial charge in [0.2, 0.25) is 0 Å². The van der Waals surface area contributed by atoms with Crippen LogP contribution in [0.5, 0.6) is 0 Å². The van der Waals surface area contributed by atoms with E-state index in [1.54, 1.807) is 18.6 Å². The van der Waals surface area contributed by atoms with Crippen LogP contribution in [0.15, 0.2) is 18.6 Å². The molecule has 0 bridgehead atoms. The fourth-order valence-corrected chi connectivity index (χ4v) is 1.79. The third-order valence-electron chi connectivity index (χ3n) is 1.87. The van der Waals surface area contributed by atoms with Crippen LogP contribution >= 0.6 is 11.5 Å². The molecule has 5 nitrogen and oxygen atoms in total. The van der Waals surface area contributed by atoms with Crippen molar-refractivity contribution in [3.63, 3.8) is 0 Å². The molecule has 0 aliphatic carbocycles. The summed E-state index contributed by atoms with van der Waals surface area (Å²) >= 11 is 1.30. The van der Waals surface area contributed by atoms with E-state index in [2.05, 4.69) is 19.6 Å². The summed E-state index contributed by atoms with van der Waals surface area (Å²) in [7, 11) is 0. The lowest BCUT2D eigenvalue weighted by Crippen LogP contribution is -2.13. The van der Waals surface area contributed by atoms with Gasteiger partial charge in [0.15, 0.2) is 0 Å². The molecule has 0 spiro atoms. The largest absolute Gasteiger partial charge is 0.318 e. The first-order valence-corrected chi connectivity index (χ1v) is 4.86. The number of hydrogen-bond donors (Lipinski definition) is 1. The summed E-state index contributed by atoms with van der Waals surface area (Å²) < 4.78 is 3.83. The Morgan fingerprint density at radius 3 is 2.86 bits per heavy atom. The van der Waals surface area contributed by atoms with Gasteiger partial charge in [-0.3, -0.25) is 9.97 Å². The van der Waals surface area contributed by atoms with Crippen molar-refractivity contribution in [2.24, 2.45) is 5.73 Å². The lowest BCUT2D eigenvalue weighted by Gasteiger charge is -2.07. The van der Waals surface area contributed by atoms with Gasteiger partial charge in [0, 0.05) is 12.4 Å². The molecule has 2 aromatic rings. The molecule has 2 rings (SSSR count). The molecule has 0 amide bonds. The molecule has 0 radical (unpaired) electrons. The third kappa shape index (κ3) is 1.61. The highest BCUT2D eigenvalue weighted by Gasteiger charge is 2.15. The highest BCUT2D eigenvalue weighted by molar-refractivity contribution is 7.05. The topological polar surface area (TPSA) is 77.6 Å². The molecule has 2 N–H and O–H groups in total. The van der Waals surface area contributed by atoms with E-state index in [4.69, 9.17) is 5.73 Å². The summed E-state index contributed by atoms with van der Waals surface area (Å²) in [4.78, 5) is 9.04. The minimum absolute atomic E-state index is 0.274. The number of nitrogens with two attached hydrogens (primary N) is 1. The molecule has 0 fully saturated rings. The van der Waals surface area contributed by atoms with Gasteiger partial charge < -0.3 is 5.73 Å². The Morgan fingerprint density at radius 2 is 2.29 bits per heavy atom. The number of hydrogen-bond acceptors (Lipinski definition) is 6. The van der Waals surface area contributed by atoms with E-state index in [0.717, 1.165) is 16.3 Å². The first kappa shape index (κ1) is 9.17. The maximum absolute atomic E-state index is 5.99. The van der Waals surface area contributed by atoms with Gasteiger partial charge in [-0.15, -0.1) is 5.10 Å². The molecule has 2 aromatic heterocycles. The number of aromatic nitrogens is 4. The van der Waals surface area contributed by atoms with Gasteiger partial charge >= 0.3 is 0 Å². The molecule has 1 atom stereocenters. The van der Waals surface area contributed by atoms with Crippen LogP contribution in [0.2, 0.25) is 0 Å². The SMILES string of the molecule is Cc1nnsc1C(N)c1cnccn1. The molecule has 6 heteroatoms. The van der Waals surface area contributed by atoms with Gasteiger partial charge in [-0.2, -0.15) is 0 Å². The van der Waals surface area contributed by atoms with E-state index in [0.29, 0.717) is 0 Å². The van der Waals surface area contributed by atoms with Crippen molar-refractivity contribution >= 4 is 11.5 Å². The van der Waals surface area contributed by atoms with Crippen molar-refractivity contribution in [2.75, 3.05) is 0 Å². The first-order chi connectivity index (χ1) is 6.79. The van der Waals surface area contributed by atoms with Crippen LogP contribution in [0.4, 0.5) is 0 Å². The van der Waals surface area contributed by atoms with E-state index in [1.807, 2.05) is 6.92 Å². The number of aryl methyl sites for hydroxylation is 1. The molecule has 0 aliphatic heterocycles. The smallest absolute Gasteiger partial charge is 0.0871 e. The van der Waals surface area contributed by atoms with E-state index in [-0.39, 0.29) is 6.04 Å². The molecule has 0 aliphatic rings. The monoisotopic (exact) mass is 207 g/mol. The normalized spacial score (nSPS) is 12.7. The van der Waals surface area contributed by atoms with Gasteiger partial charge in [-0.25, -0.2) is 0 Å². The number of rotatable bonds is 2. The minimum Gasteiger partial charge on any atom is -0.318 e. The maximum atomic E-state index is 5.99. The quantitative estimate of drug-likeness (QED) is 0.783. The minimum atomic E-state index is -0.274. The van der Waals surface area contributed by atoms with Crippen LogP contribution < -0.4 is 5.73 Å². The van der Waals surface area contributed by atoms with Crippen molar-refractivity contribution in [3.05, 3.63) is 34.9 Å². The zero-order chi connectivity index (χ0) is 9.97. The van der Waals surface area contributed by atoms with Crippen molar-refractivity contribution < 1.29 is 0 Å². The average Bonchev–Trinajstić information content (AvgIpc) is 2.65. The standard InChI is InChI=1S/C8H9N5S/c1-5-8(14-13-12-5)7(9)6-4-10-2-3-11-6/h2-4,7H,9H2,1H3. The van der Waals surface area contributed by atoms with Crippen LogP contribution in [0.1, 0.15) is 22.3 Å². The lowest BCUT2D eigenvalue weighted by atomic mass is 10.2. The molecule has 72 valence electrons. The Hall–Kier alpha value is -1.40. The summed E-state index contributed by atoms with van der Waals surface area (Å²) in [5, 5.41) is 3.90. The van der Waals surface area contributed by atoms with Crippen molar-refractivity contribution in [2.45, 2.75) is 13.0 Å². The van der Waals surface area contributed by atoms with Gasteiger partial charge in [0.05, 0.1) is 28.5 Å². The Balaban J connectivity index is 2.34. The third-order valence-corrected chi connectivity index (χ3v) is 2.78. The van der Waals surface area contributed by atoms with E-state index < -0.39 is 0 Å². The van der Waals surface area contributed by atoms with Crippen LogP contribution in [0.3, 0.4) is 0 Å². The highest BCUT2D eigenvalue weighted by atomic mass is 32.1. The Kier molecular flexibility index (Phi) is 2.47. The van der Waals surface area contributed by atoms with Gasteiger partial charge in [0.1, 0.15) is 0 Å². The predicted molar refractivity (Wildman–Crippen MR) is 52.7 cm³/mol. The van der Waals surface area contributed by atoms with Crippen LogP contribution in [0.25, 0.3) is 0 Å². The molecule has 0 saturated carbocycles. The van der Waals surface area contributed by atoms with Crippen LogP contribution in [-0.4, -0.2) is 19.6 Å². The number of nitrogens with zero attached hydrogens (tertiary/aromatic N) is 4. The van der Waals surface area contributed by atoms with E-state index in [1.165, 1.54) is 11.5 Å². The van der Waals surface area contributed by atoms with Crippen molar-refractivity contribution in [3.8, 4) is 0 Å². The second-order valence-corrected chi connectivity index (χ2v) is 3.62. The van der Waals surface area contributed by atoms with Crippen LogP contribution in [-0.2, 0) is 0 Å². The zero-order valence-corrected chi connectivity index (χ0v) is 8.40. The second kappa shape index (κ2) is 3.77. The molecule has 0 aromatic carbocycles. The van der Waals surface area contributed by atoms with E-state index in [9.17, 15) is 0 Å². The van der Waals surface area contributed by atoms with Crippen molar-refractivity contribution in [1.82, 2.24) is 19.6 Å². The van der Waals surface area contributed by atoms with Gasteiger partial charge in [-0.05, 0) is 18.5 Å². The summed E-state index contributed by atoms with van der Waals surface area (Å²) in [5.41, 5.74) is 7.58. The Bertz CT molecular complexity index is 413. The molecule has 14 heavy (non-hydrogen) atoms. The molecular weight excluding hydrogens is 198 g/mol. The van der Waals surface area contributed by atoms with Crippen molar-refractivity contribution in [1.29, 1.82) is 0 Å². The second-order valence-electron chi connectivity index (χ2n) is 2.83. The molecule has 0 saturated heterocycles. The maximum Gasteiger partial charge on any atom is 0.0871 e. The molecule has 2 heterocycles. The van der Waals surface area contributed by atoms with Gasteiger partial charge in [-0.1, -0.05) is 4.49 Å². The summed E-state index contributed by atoms with van der Waals surface area (Å²) in [6.07, 6.45) is 4.90. The fraction of sp³-hybridized carbons (Fsp3) is 0.250.